The number of fused-ring (bicyclic) bond motifs is 1. The normalized spacial score (nSPS) is 17.9. The van der Waals surface area contributed by atoms with Gasteiger partial charge in [0, 0.05) is 43.2 Å². The largest absolute Gasteiger partial charge is 0.361 e. The first-order valence-electron chi connectivity index (χ1n) is 7.89. The second-order valence-corrected chi connectivity index (χ2v) is 5.88. The van der Waals surface area contributed by atoms with Gasteiger partial charge in [0.15, 0.2) is 0 Å². The Hall–Kier alpha value is -2.37. The summed E-state index contributed by atoms with van der Waals surface area (Å²) in [6.07, 6.45) is 2.80. The second-order valence-electron chi connectivity index (χ2n) is 5.88. The molecule has 2 amide bonds. The van der Waals surface area contributed by atoms with Crippen LogP contribution in [-0.4, -0.2) is 41.3 Å². The number of carbonyl (C=O) groups is 2. The first-order valence-corrected chi connectivity index (χ1v) is 7.89. The highest BCUT2D eigenvalue weighted by atomic mass is 19.1. The molecule has 1 atom stereocenters. The van der Waals surface area contributed by atoms with Crippen LogP contribution in [-0.2, 0) is 16.0 Å². The van der Waals surface area contributed by atoms with Crippen molar-refractivity contribution >= 4 is 22.7 Å². The van der Waals surface area contributed by atoms with E-state index in [4.69, 9.17) is 0 Å². The molecule has 2 N–H and O–H groups in total. The quantitative estimate of drug-likeness (QED) is 0.884. The molecule has 0 radical (unpaired) electrons. The minimum atomic E-state index is -0.273. The smallest absolute Gasteiger partial charge is 0.225 e. The fourth-order valence-corrected chi connectivity index (χ4v) is 3.08. The molecule has 1 aromatic carbocycles. The molecular weight excluding hydrogens is 297 g/mol. The van der Waals surface area contributed by atoms with Crippen LogP contribution < -0.4 is 5.32 Å². The van der Waals surface area contributed by atoms with E-state index in [1.54, 1.807) is 11.0 Å². The Bertz CT molecular complexity index is 741. The predicted molar refractivity (Wildman–Crippen MR) is 85.3 cm³/mol. The molecular formula is C17H20FN3O2. The summed E-state index contributed by atoms with van der Waals surface area (Å²) in [6.45, 7) is 3.57. The third-order valence-corrected chi connectivity index (χ3v) is 4.39. The topological polar surface area (TPSA) is 65.2 Å². The average Bonchev–Trinajstić information content (AvgIpc) is 3.10. The molecule has 6 heteroatoms. The molecule has 1 aliphatic heterocycles. The van der Waals surface area contributed by atoms with Crippen LogP contribution >= 0.6 is 0 Å². The maximum Gasteiger partial charge on any atom is 0.225 e. The second kappa shape index (κ2) is 6.40. The van der Waals surface area contributed by atoms with Crippen LogP contribution in [0.3, 0.4) is 0 Å². The number of benzene rings is 1. The Morgan fingerprint density at radius 1 is 1.48 bits per heavy atom. The SMILES string of the molecule is CCN1CC(C(=O)NCCc2c[nH]c3cc(F)ccc23)CC1=O. The van der Waals surface area contributed by atoms with Crippen LogP contribution in [0.2, 0.25) is 0 Å². The molecule has 0 aliphatic carbocycles. The summed E-state index contributed by atoms with van der Waals surface area (Å²) < 4.78 is 13.2. The van der Waals surface area contributed by atoms with Crippen LogP contribution in [0, 0.1) is 11.7 Å². The zero-order valence-electron chi connectivity index (χ0n) is 13.1. The third kappa shape index (κ3) is 3.21. The number of H-pyrrole nitrogens is 1. The van der Waals surface area contributed by atoms with Gasteiger partial charge in [-0.15, -0.1) is 0 Å². The van der Waals surface area contributed by atoms with Gasteiger partial charge in [0.2, 0.25) is 11.8 Å². The molecule has 1 unspecified atom stereocenters. The van der Waals surface area contributed by atoms with E-state index < -0.39 is 0 Å². The van der Waals surface area contributed by atoms with Crippen LogP contribution in [0.25, 0.3) is 10.9 Å². The third-order valence-electron chi connectivity index (χ3n) is 4.39. The number of aromatic amines is 1. The lowest BCUT2D eigenvalue weighted by Crippen LogP contribution is -2.34. The number of rotatable bonds is 5. The lowest BCUT2D eigenvalue weighted by molar-refractivity contribution is -0.128. The van der Waals surface area contributed by atoms with Crippen molar-refractivity contribution in [3.63, 3.8) is 0 Å². The Kier molecular flexibility index (Phi) is 4.32. The summed E-state index contributed by atoms with van der Waals surface area (Å²) in [7, 11) is 0. The highest BCUT2D eigenvalue weighted by Crippen LogP contribution is 2.20. The number of hydrogen-bond donors (Lipinski definition) is 2. The van der Waals surface area contributed by atoms with E-state index in [0.717, 1.165) is 16.5 Å². The molecule has 2 heterocycles. The molecule has 122 valence electrons. The van der Waals surface area contributed by atoms with Crippen molar-refractivity contribution in [3.8, 4) is 0 Å². The van der Waals surface area contributed by atoms with E-state index in [9.17, 15) is 14.0 Å². The van der Waals surface area contributed by atoms with Crippen LogP contribution in [0.4, 0.5) is 4.39 Å². The molecule has 1 aliphatic rings. The molecule has 1 fully saturated rings. The van der Waals surface area contributed by atoms with E-state index in [0.29, 0.717) is 32.5 Å². The summed E-state index contributed by atoms with van der Waals surface area (Å²) in [5.74, 6) is -0.545. The van der Waals surface area contributed by atoms with Gasteiger partial charge in [-0.05, 0) is 37.1 Å². The molecule has 1 saturated heterocycles. The lowest BCUT2D eigenvalue weighted by Gasteiger charge is -2.13. The zero-order chi connectivity index (χ0) is 16.4. The number of aromatic nitrogens is 1. The molecule has 1 aromatic heterocycles. The van der Waals surface area contributed by atoms with Gasteiger partial charge in [0.25, 0.3) is 0 Å². The van der Waals surface area contributed by atoms with E-state index in [1.807, 2.05) is 13.1 Å². The summed E-state index contributed by atoms with van der Waals surface area (Å²) in [5, 5.41) is 3.86. The van der Waals surface area contributed by atoms with Crippen LogP contribution in [0.5, 0.6) is 0 Å². The standard InChI is InChI=1S/C17H20FN3O2/c1-2-21-10-12(7-16(21)22)17(23)19-6-5-11-9-20-15-8-13(18)3-4-14(11)15/h3-4,8-9,12,20H,2,5-7,10H2,1H3,(H,19,23). The zero-order valence-corrected chi connectivity index (χ0v) is 13.1. The van der Waals surface area contributed by atoms with Gasteiger partial charge >= 0.3 is 0 Å². The molecule has 0 bridgehead atoms. The molecule has 5 nitrogen and oxygen atoms in total. The highest BCUT2D eigenvalue weighted by molar-refractivity contribution is 5.89. The van der Waals surface area contributed by atoms with Crippen LogP contribution in [0.1, 0.15) is 18.9 Å². The van der Waals surface area contributed by atoms with Crippen molar-refractivity contribution in [2.24, 2.45) is 5.92 Å². The number of halogens is 1. The fourth-order valence-electron chi connectivity index (χ4n) is 3.08. The van der Waals surface area contributed by atoms with Crippen molar-refractivity contribution < 1.29 is 14.0 Å². The summed E-state index contributed by atoms with van der Waals surface area (Å²) >= 11 is 0. The van der Waals surface area contributed by atoms with Crippen LogP contribution in [0.15, 0.2) is 24.4 Å². The van der Waals surface area contributed by atoms with E-state index in [2.05, 4.69) is 10.3 Å². The van der Waals surface area contributed by atoms with Gasteiger partial charge < -0.3 is 15.2 Å². The summed E-state index contributed by atoms with van der Waals surface area (Å²) in [6, 6.07) is 4.63. The highest BCUT2D eigenvalue weighted by Gasteiger charge is 2.33. The van der Waals surface area contributed by atoms with Gasteiger partial charge in [0.1, 0.15) is 5.82 Å². The molecule has 0 saturated carbocycles. The minimum absolute atomic E-state index is 0.0475. The maximum atomic E-state index is 13.2. The summed E-state index contributed by atoms with van der Waals surface area (Å²) in [5.41, 5.74) is 1.80. The Morgan fingerprint density at radius 3 is 3.04 bits per heavy atom. The number of hydrogen-bond acceptors (Lipinski definition) is 2. The van der Waals surface area contributed by atoms with Crippen molar-refractivity contribution in [2.45, 2.75) is 19.8 Å². The van der Waals surface area contributed by atoms with Gasteiger partial charge in [-0.3, -0.25) is 9.59 Å². The minimum Gasteiger partial charge on any atom is -0.361 e. The number of nitrogens with one attached hydrogen (secondary N) is 2. The number of likely N-dealkylation sites (tertiary alicyclic amines) is 1. The first-order chi connectivity index (χ1) is 11.1. The Balaban J connectivity index is 1.55. The van der Waals surface area contributed by atoms with Crippen molar-refractivity contribution in [1.82, 2.24) is 15.2 Å². The van der Waals surface area contributed by atoms with Gasteiger partial charge in [-0.25, -0.2) is 4.39 Å². The van der Waals surface area contributed by atoms with Crippen molar-refractivity contribution in [2.75, 3.05) is 19.6 Å². The lowest BCUT2D eigenvalue weighted by atomic mass is 10.1. The van der Waals surface area contributed by atoms with Gasteiger partial charge in [-0.1, -0.05) is 0 Å². The predicted octanol–water partition coefficient (Wildman–Crippen LogP) is 1.83. The number of amides is 2. The average molecular weight is 317 g/mol. The fraction of sp³-hybridized carbons (Fsp3) is 0.412. The van der Waals surface area contributed by atoms with E-state index in [-0.39, 0.29) is 23.5 Å². The van der Waals surface area contributed by atoms with Crippen molar-refractivity contribution in [1.29, 1.82) is 0 Å². The molecule has 2 aromatic rings. The van der Waals surface area contributed by atoms with Gasteiger partial charge in [-0.2, -0.15) is 0 Å². The Morgan fingerprint density at radius 2 is 2.30 bits per heavy atom. The monoisotopic (exact) mass is 317 g/mol. The van der Waals surface area contributed by atoms with Gasteiger partial charge in [0.05, 0.1) is 5.92 Å². The molecule has 23 heavy (non-hydrogen) atoms. The molecule has 0 spiro atoms. The van der Waals surface area contributed by atoms with E-state index >= 15 is 0 Å². The number of nitrogens with zero attached hydrogens (tertiary/aromatic N) is 1. The molecule has 3 rings (SSSR count). The van der Waals surface area contributed by atoms with Crippen molar-refractivity contribution in [3.05, 3.63) is 35.8 Å². The summed E-state index contributed by atoms with van der Waals surface area (Å²) in [4.78, 5) is 28.6. The van der Waals surface area contributed by atoms with E-state index in [1.165, 1.54) is 12.1 Å². The maximum absolute atomic E-state index is 13.2. The number of carbonyl (C=O) groups excluding carboxylic acids is 2. The first kappa shape index (κ1) is 15.5. The Labute approximate surface area is 133 Å².